The number of carbonyl (C=O) groups excluding carboxylic acids is 2. The first kappa shape index (κ1) is 24.8. The summed E-state index contributed by atoms with van der Waals surface area (Å²) in [5.41, 5.74) is 0.408. The van der Waals surface area contributed by atoms with E-state index in [0.717, 1.165) is 11.3 Å². The number of carbonyl (C=O) groups is 2. The predicted octanol–water partition coefficient (Wildman–Crippen LogP) is 3.30. The molecule has 0 aromatic heterocycles. The van der Waals surface area contributed by atoms with Crippen LogP contribution in [0.15, 0.2) is 36.9 Å². The van der Waals surface area contributed by atoms with Gasteiger partial charge >= 0.3 is 12.1 Å². The van der Waals surface area contributed by atoms with Gasteiger partial charge in [0.15, 0.2) is 0 Å². The Labute approximate surface area is 176 Å². The molecule has 0 bridgehead atoms. The van der Waals surface area contributed by atoms with Crippen molar-refractivity contribution in [3.05, 3.63) is 42.5 Å². The minimum atomic E-state index is -1.11. The number of esters is 1. The predicted molar refractivity (Wildman–Crippen MR) is 114 cm³/mol. The lowest BCUT2D eigenvalue weighted by molar-refractivity contribution is -0.145. The Kier molecular flexibility index (Phi) is 10.6. The SMILES string of the molecule is C=CCOC(=O)C[C@H](O)[C@H](CSCc1ccc(OC)cc1)NC(=O)OC(C)(C)C. The third-order valence-electron chi connectivity index (χ3n) is 3.63. The fraction of sp³-hybridized carbons (Fsp3) is 0.524. The van der Waals surface area contributed by atoms with Gasteiger partial charge in [0.05, 0.1) is 25.7 Å². The number of aliphatic hydroxyl groups excluding tert-OH is 1. The van der Waals surface area contributed by atoms with Gasteiger partial charge in [-0.05, 0) is 38.5 Å². The maximum atomic E-state index is 12.1. The summed E-state index contributed by atoms with van der Waals surface area (Å²) in [6.07, 6.45) is -0.544. The number of methoxy groups -OCH3 is 1. The van der Waals surface area contributed by atoms with E-state index in [1.165, 1.54) is 17.8 Å². The van der Waals surface area contributed by atoms with Crippen LogP contribution in [0, 0.1) is 0 Å². The Morgan fingerprint density at radius 3 is 2.48 bits per heavy atom. The molecular formula is C21H31NO6S. The molecule has 0 radical (unpaired) electrons. The van der Waals surface area contributed by atoms with Crippen LogP contribution < -0.4 is 10.1 Å². The first-order valence-electron chi connectivity index (χ1n) is 9.29. The molecule has 0 saturated carbocycles. The molecule has 8 heteroatoms. The van der Waals surface area contributed by atoms with E-state index in [9.17, 15) is 14.7 Å². The van der Waals surface area contributed by atoms with E-state index in [1.54, 1.807) is 27.9 Å². The number of rotatable bonds is 11. The second-order valence-corrected chi connectivity index (χ2v) is 8.39. The quantitative estimate of drug-likeness (QED) is 0.415. The lowest BCUT2D eigenvalue weighted by Gasteiger charge is -2.26. The lowest BCUT2D eigenvalue weighted by atomic mass is 10.1. The van der Waals surface area contributed by atoms with E-state index in [1.807, 2.05) is 24.3 Å². The van der Waals surface area contributed by atoms with Crippen LogP contribution in [-0.2, 0) is 20.0 Å². The largest absolute Gasteiger partial charge is 0.497 e. The minimum absolute atomic E-state index is 0.0714. The first-order chi connectivity index (χ1) is 13.6. The number of amides is 1. The van der Waals surface area contributed by atoms with Crippen molar-refractivity contribution < 1.29 is 28.9 Å². The van der Waals surface area contributed by atoms with Gasteiger partial charge in [-0.25, -0.2) is 4.79 Å². The van der Waals surface area contributed by atoms with Crippen molar-refractivity contribution >= 4 is 23.8 Å². The highest BCUT2D eigenvalue weighted by molar-refractivity contribution is 7.98. The second-order valence-electron chi connectivity index (χ2n) is 7.36. The molecule has 0 heterocycles. The molecule has 2 atom stereocenters. The lowest BCUT2D eigenvalue weighted by Crippen LogP contribution is -2.47. The van der Waals surface area contributed by atoms with Gasteiger partial charge in [-0.1, -0.05) is 24.8 Å². The number of ether oxygens (including phenoxy) is 3. The molecule has 1 amide bonds. The van der Waals surface area contributed by atoms with E-state index >= 15 is 0 Å². The summed E-state index contributed by atoms with van der Waals surface area (Å²) < 4.78 is 15.3. The van der Waals surface area contributed by atoms with Crippen molar-refractivity contribution in [1.29, 1.82) is 0 Å². The first-order valence-corrected chi connectivity index (χ1v) is 10.4. The highest BCUT2D eigenvalue weighted by atomic mass is 32.2. The van der Waals surface area contributed by atoms with Gasteiger partial charge in [-0.15, -0.1) is 0 Å². The molecule has 0 spiro atoms. The molecule has 2 N–H and O–H groups in total. The highest BCUT2D eigenvalue weighted by Gasteiger charge is 2.26. The number of hydrogen-bond donors (Lipinski definition) is 2. The molecule has 0 aliphatic rings. The van der Waals surface area contributed by atoms with Crippen molar-refractivity contribution in [2.45, 2.75) is 50.7 Å². The molecule has 29 heavy (non-hydrogen) atoms. The average Bonchev–Trinajstić information content (AvgIpc) is 2.64. The van der Waals surface area contributed by atoms with Crippen molar-refractivity contribution in [2.24, 2.45) is 0 Å². The number of aliphatic hydroxyl groups is 1. The van der Waals surface area contributed by atoms with Gasteiger partial charge in [0.1, 0.15) is 18.0 Å². The highest BCUT2D eigenvalue weighted by Crippen LogP contribution is 2.19. The summed E-state index contributed by atoms with van der Waals surface area (Å²) >= 11 is 1.52. The van der Waals surface area contributed by atoms with Gasteiger partial charge in [0.2, 0.25) is 0 Å². The molecule has 0 unspecified atom stereocenters. The Balaban J connectivity index is 2.67. The normalized spacial score (nSPS) is 13.1. The van der Waals surface area contributed by atoms with Gasteiger partial charge in [0.25, 0.3) is 0 Å². The topological polar surface area (TPSA) is 94.1 Å². The third kappa shape index (κ3) is 10.8. The Hall–Kier alpha value is -2.19. The Morgan fingerprint density at radius 2 is 1.93 bits per heavy atom. The number of benzene rings is 1. The van der Waals surface area contributed by atoms with Gasteiger partial charge < -0.3 is 24.6 Å². The molecule has 162 valence electrons. The van der Waals surface area contributed by atoms with Crippen LogP contribution >= 0.6 is 11.8 Å². The monoisotopic (exact) mass is 425 g/mol. The molecule has 0 fully saturated rings. The van der Waals surface area contributed by atoms with Gasteiger partial charge in [-0.3, -0.25) is 4.79 Å². The standard InChI is InChI=1S/C21H31NO6S/c1-6-11-27-19(24)12-18(23)17(22-20(25)28-21(2,3)4)14-29-13-15-7-9-16(26-5)10-8-15/h6-10,17-18,23H,1,11-14H2,2-5H3,(H,22,25)/t17-,18-/m0/s1. The van der Waals surface area contributed by atoms with E-state index < -0.39 is 29.8 Å². The zero-order valence-corrected chi connectivity index (χ0v) is 18.3. The summed E-state index contributed by atoms with van der Waals surface area (Å²) in [4.78, 5) is 23.9. The number of nitrogens with one attached hydrogen (secondary N) is 1. The fourth-order valence-corrected chi connectivity index (χ4v) is 3.36. The van der Waals surface area contributed by atoms with Crippen LogP contribution in [0.5, 0.6) is 5.75 Å². The van der Waals surface area contributed by atoms with Crippen LogP contribution in [0.25, 0.3) is 0 Å². The zero-order chi connectivity index (χ0) is 21.9. The van der Waals surface area contributed by atoms with Gasteiger partial charge in [-0.2, -0.15) is 11.8 Å². The molecule has 1 aromatic carbocycles. The molecule has 7 nitrogen and oxygen atoms in total. The molecule has 0 saturated heterocycles. The summed E-state index contributed by atoms with van der Waals surface area (Å²) in [6, 6.07) is 6.97. The fourth-order valence-electron chi connectivity index (χ4n) is 2.26. The smallest absolute Gasteiger partial charge is 0.407 e. The van der Waals surface area contributed by atoms with Crippen LogP contribution in [0.3, 0.4) is 0 Å². The summed E-state index contributed by atoms with van der Waals surface area (Å²) in [5, 5.41) is 13.1. The second kappa shape index (κ2) is 12.4. The molecule has 0 aliphatic carbocycles. The molecule has 1 rings (SSSR count). The summed E-state index contributed by atoms with van der Waals surface area (Å²) in [7, 11) is 1.61. The maximum Gasteiger partial charge on any atom is 0.407 e. The molecule has 1 aromatic rings. The van der Waals surface area contributed by atoms with Crippen molar-refractivity contribution in [1.82, 2.24) is 5.32 Å². The average molecular weight is 426 g/mol. The van der Waals surface area contributed by atoms with Crippen LogP contribution in [-0.4, -0.2) is 54.4 Å². The van der Waals surface area contributed by atoms with Crippen molar-refractivity contribution in [3.8, 4) is 5.75 Å². The molecule has 0 aliphatic heterocycles. The van der Waals surface area contributed by atoms with E-state index in [0.29, 0.717) is 11.5 Å². The van der Waals surface area contributed by atoms with Crippen molar-refractivity contribution in [3.63, 3.8) is 0 Å². The maximum absolute atomic E-state index is 12.1. The van der Waals surface area contributed by atoms with Crippen molar-refractivity contribution in [2.75, 3.05) is 19.5 Å². The number of hydrogen-bond acceptors (Lipinski definition) is 7. The zero-order valence-electron chi connectivity index (χ0n) is 17.5. The van der Waals surface area contributed by atoms with Gasteiger partial charge in [0, 0.05) is 11.5 Å². The van der Waals surface area contributed by atoms with Crippen LogP contribution in [0.2, 0.25) is 0 Å². The third-order valence-corrected chi connectivity index (χ3v) is 4.76. The van der Waals surface area contributed by atoms with Crippen LogP contribution in [0.4, 0.5) is 4.79 Å². The van der Waals surface area contributed by atoms with E-state index in [-0.39, 0.29) is 13.0 Å². The summed E-state index contributed by atoms with van der Waals surface area (Å²) in [6.45, 7) is 8.81. The van der Waals surface area contributed by atoms with E-state index in [4.69, 9.17) is 14.2 Å². The Bertz CT molecular complexity index is 656. The Morgan fingerprint density at radius 1 is 1.28 bits per heavy atom. The molecular weight excluding hydrogens is 394 g/mol. The summed E-state index contributed by atoms with van der Waals surface area (Å²) in [5.74, 6) is 1.27. The van der Waals surface area contributed by atoms with Crippen LogP contribution in [0.1, 0.15) is 32.8 Å². The number of thioether (sulfide) groups is 1. The number of alkyl carbamates (subject to hydrolysis) is 1. The van der Waals surface area contributed by atoms with E-state index in [2.05, 4.69) is 11.9 Å². The minimum Gasteiger partial charge on any atom is -0.497 e.